The molecular formula is C13H17FN2O2. The van der Waals surface area contributed by atoms with Crippen LogP contribution in [0.5, 0.6) is 0 Å². The molecule has 18 heavy (non-hydrogen) atoms. The highest BCUT2D eigenvalue weighted by molar-refractivity contribution is 5.85. The Bertz CT molecular complexity index is 449. The summed E-state index contributed by atoms with van der Waals surface area (Å²) >= 11 is 0. The molecule has 0 aliphatic heterocycles. The van der Waals surface area contributed by atoms with Gasteiger partial charge in [0.05, 0.1) is 11.6 Å². The monoisotopic (exact) mass is 252 g/mol. The Hall–Kier alpha value is -1.91. The third-order valence-electron chi connectivity index (χ3n) is 2.77. The van der Waals surface area contributed by atoms with Crippen molar-refractivity contribution in [1.82, 2.24) is 5.32 Å². The average Bonchev–Trinajstić information content (AvgIpc) is 2.36. The van der Waals surface area contributed by atoms with Crippen molar-refractivity contribution in [2.24, 2.45) is 5.92 Å². The van der Waals surface area contributed by atoms with Crippen LogP contribution in [0.15, 0.2) is 18.2 Å². The molecule has 4 nitrogen and oxygen atoms in total. The number of hydrogen-bond acceptors (Lipinski definition) is 3. The first kappa shape index (κ1) is 14.2. The van der Waals surface area contributed by atoms with Gasteiger partial charge in [-0.3, -0.25) is 9.59 Å². The van der Waals surface area contributed by atoms with Gasteiger partial charge in [0.25, 0.3) is 0 Å². The van der Waals surface area contributed by atoms with Crippen LogP contribution in [0.2, 0.25) is 0 Å². The molecule has 0 saturated carbocycles. The van der Waals surface area contributed by atoms with Crippen LogP contribution in [0.3, 0.4) is 0 Å². The van der Waals surface area contributed by atoms with Crippen molar-refractivity contribution in [1.29, 1.82) is 0 Å². The highest BCUT2D eigenvalue weighted by Gasteiger charge is 2.18. The Morgan fingerprint density at radius 1 is 1.56 bits per heavy atom. The van der Waals surface area contributed by atoms with E-state index in [-0.39, 0.29) is 23.1 Å². The second-order valence-electron chi connectivity index (χ2n) is 4.19. The number of aldehydes is 1. The zero-order chi connectivity index (χ0) is 13.7. The highest BCUT2D eigenvalue weighted by atomic mass is 19.1. The molecule has 98 valence electrons. The van der Waals surface area contributed by atoms with E-state index in [1.54, 1.807) is 32.0 Å². The molecular weight excluding hydrogens is 235 g/mol. The predicted octanol–water partition coefficient (Wildman–Crippen LogP) is 1.46. The van der Waals surface area contributed by atoms with Gasteiger partial charge < -0.3 is 10.2 Å². The summed E-state index contributed by atoms with van der Waals surface area (Å²) in [6.45, 7) is 2.08. The molecule has 5 heteroatoms. The number of carbonyl (C=O) groups is 2. The number of halogens is 1. The van der Waals surface area contributed by atoms with Crippen LogP contribution < -0.4 is 10.2 Å². The fourth-order valence-corrected chi connectivity index (χ4v) is 1.86. The first-order chi connectivity index (χ1) is 8.51. The average molecular weight is 252 g/mol. The Morgan fingerprint density at radius 3 is 2.78 bits per heavy atom. The van der Waals surface area contributed by atoms with Crippen molar-refractivity contribution < 1.29 is 14.0 Å². The summed E-state index contributed by atoms with van der Waals surface area (Å²) in [5.74, 6) is -0.879. The molecule has 1 aromatic rings. The SMILES string of the molecule is CNC(=O)C(C)CN(C)c1c(F)cccc1C=O. The number of nitrogens with zero attached hydrogens (tertiary/aromatic N) is 1. The molecule has 0 aliphatic rings. The second-order valence-corrected chi connectivity index (χ2v) is 4.19. The molecule has 0 heterocycles. The Balaban J connectivity index is 2.93. The highest BCUT2D eigenvalue weighted by Crippen LogP contribution is 2.22. The summed E-state index contributed by atoms with van der Waals surface area (Å²) in [5.41, 5.74) is 0.504. The molecule has 1 N–H and O–H groups in total. The molecule has 0 fully saturated rings. The maximum Gasteiger partial charge on any atom is 0.224 e. The van der Waals surface area contributed by atoms with E-state index in [1.807, 2.05) is 0 Å². The van der Waals surface area contributed by atoms with Crippen LogP contribution >= 0.6 is 0 Å². The predicted molar refractivity (Wildman–Crippen MR) is 68.3 cm³/mol. The minimum atomic E-state index is -0.466. The third kappa shape index (κ3) is 3.06. The number of hydrogen-bond donors (Lipinski definition) is 1. The summed E-state index contributed by atoms with van der Waals surface area (Å²) in [7, 11) is 3.21. The van der Waals surface area contributed by atoms with Crippen molar-refractivity contribution in [2.45, 2.75) is 6.92 Å². The fraction of sp³-hybridized carbons (Fsp3) is 0.385. The summed E-state index contributed by atoms with van der Waals surface area (Å²) in [6, 6.07) is 4.33. The van der Waals surface area contributed by atoms with E-state index < -0.39 is 5.82 Å². The van der Waals surface area contributed by atoms with Crippen LogP contribution in [0, 0.1) is 11.7 Å². The molecule has 0 aromatic heterocycles. The standard InChI is InChI=1S/C13H17FN2O2/c1-9(13(18)15-2)7-16(3)12-10(8-17)5-4-6-11(12)14/h4-6,8-9H,7H2,1-3H3,(H,15,18). The molecule has 0 saturated heterocycles. The number of anilines is 1. The van der Waals surface area contributed by atoms with Gasteiger partial charge in [0.2, 0.25) is 5.91 Å². The Kier molecular flexibility index (Phi) is 4.83. The van der Waals surface area contributed by atoms with E-state index in [0.29, 0.717) is 12.8 Å². The lowest BCUT2D eigenvalue weighted by Crippen LogP contribution is -2.35. The van der Waals surface area contributed by atoms with Gasteiger partial charge in [0.15, 0.2) is 6.29 Å². The van der Waals surface area contributed by atoms with E-state index in [9.17, 15) is 14.0 Å². The van der Waals surface area contributed by atoms with Crippen LogP contribution in [0.1, 0.15) is 17.3 Å². The van der Waals surface area contributed by atoms with Crippen LogP contribution in [-0.2, 0) is 4.79 Å². The smallest absolute Gasteiger partial charge is 0.224 e. The minimum Gasteiger partial charge on any atom is -0.371 e. The molecule has 1 amide bonds. The quantitative estimate of drug-likeness (QED) is 0.807. The first-order valence-electron chi connectivity index (χ1n) is 5.67. The van der Waals surface area contributed by atoms with Crippen LogP contribution in [0.4, 0.5) is 10.1 Å². The lowest BCUT2D eigenvalue weighted by Gasteiger charge is -2.24. The lowest BCUT2D eigenvalue weighted by molar-refractivity contribution is -0.123. The molecule has 0 aliphatic carbocycles. The van der Waals surface area contributed by atoms with Gasteiger partial charge in [-0.2, -0.15) is 0 Å². The van der Waals surface area contributed by atoms with Crippen molar-refractivity contribution in [2.75, 3.05) is 25.5 Å². The van der Waals surface area contributed by atoms with Crippen molar-refractivity contribution in [3.63, 3.8) is 0 Å². The van der Waals surface area contributed by atoms with E-state index in [4.69, 9.17) is 0 Å². The number of amides is 1. The Morgan fingerprint density at radius 2 is 2.22 bits per heavy atom. The molecule has 1 atom stereocenters. The lowest BCUT2D eigenvalue weighted by atomic mass is 10.1. The summed E-state index contributed by atoms with van der Waals surface area (Å²) < 4.78 is 13.7. The van der Waals surface area contributed by atoms with Gasteiger partial charge in [-0.15, -0.1) is 0 Å². The van der Waals surface area contributed by atoms with Gasteiger partial charge in [-0.25, -0.2) is 4.39 Å². The first-order valence-corrected chi connectivity index (χ1v) is 5.67. The van der Waals surface area contributed by atoms with Crippen LogP contribution in [-0.4, -0.2) is 32.8 Å². The molecule has 1 rings (SSSR count). The van der Waals surface area contributed by atoms with Gasteiger partial charge >= 0.3 is 0 Å². The zero-order valence-corrected chi connectivity index (χ0v) is 10.7. The molecule has 0 bridgehead atoms. The number of para-hydroxylation sites is 1. The number of rotatable bonds is 5. The van der Waals surface area contributed by atoms with E-state index in [0.717, 1.165) is 0 Å². The largest absolute Gasteiger partial charge is 0.371 e. The van der Waals surface area contributed by atoms with Crippen molar-refractivity contribution >= 4 is 17.9 Å². The number of nitrogens with one attached hydrogen (secondary N) is 1. The van der Waals surface area contributed by atoms with E-state index in [1.165, 1.54) is 12.1 Å². The van der Waals surface area contributed by atoms with E-state index >= 15 is 0 Å². The summed E-state index contributed by atoms with van der Waals surface area (Å²) in [6.07, 6.45) is 0.611. The number of carbonyl (C=O) groups excluding carboxylic acids is 2. The minimum absolute atomic E-state index is 0.120. The van der Waals surface area contributed by atoms with Crippen molar-refractivity contribution in [3.05, 3.63) is 29.6 Å². The maximum atomic E-state index is 13.7. The summed E-state index contributed by atoms with van der Waals surface area (Å²) in [4.78, 5) is 23.9. The number of benzene rings is 1. The summed E-state index contributed by atoms with van der Waals surface area (Å²) in [5, 5.41) is 2.54. The maximum absolute atomic E-state index is 13.7. The second kappa shape index (κ2) is 6.14. The van der Waals surface area contributed by atoms with Crippen molar-refractivity contribution in [3.8, 4) is 0 Å². The van der Waals surface area contributed by atoms with E-state index in [2.05, 4.69) is 5.32 Å². The third-order valence-corrected chi connectivity index (χ3v) is 2.77. The topological polar surface area (TPSA) is 49.4 Å². The molecule has 1 aromatic carbocycles. The van der Waals surface area contributed by atoms with Gasteiger partial charge in [-0.1, -0.05) is 13.0 Å². The molecule has 0 radical (unpaired) electrons. The fourth-order valence-electron chi connectivity index (χ4n) is 1.86. The van der Waals surface area contributed by atoms with Gasteiger partial charge in [0, 0.05) is 26.2 Å². The van der Waals surface area contributed by atoms with Gasteiger partial charge in [0.1, 0.15) is 5.82 Å². The Labute approximate surface area is 106 Å². The molecule has 1 unspecified atom stereocenters. The van der Waals surface area contributed by atoms with Crippen LogP contribution in [0.25, 0.3) is 0 Å². The molecule has 0 spiro atoms. The van der Waals surface area contributed by atoms with Gasteiger partial charge in [-0.05, 0) is 12.1 Å². The zero-order valence-electron chi connectivity index (χ0n) is 10.7. The normalized spacial score (nSPS) is 11.8.